The Morgan fingerprint density at radius 2 is 2.14 bits per heavy atom. The van der Waals surface area contributed by atoms with Crippen molar-refractivity contribution in [1.82, 2.24) is 9.78 Å². The van der Waals surface area contributed by atoms with Gasteiger partial charge in [-0.1, -0.05) is 0 Å². The second kappa shape index (κ2) is 5.44. The second-order valence-electron chi connectivity index (χ2n) is 4.13. The summed E-state index contributed by atoms with van der Waals surface area (Å²) in [5.74, 6) is -1.43. The number of carbonyl (C=O) groups is 1. The molecule has 1 aromatic heterocycles. The smallest absolute Gasteiger partial charge is 0.360 e. The summed E-state index contributed by atoms with van der Waals surface area (Å²) >= 11 is 3.17. The molecule has 0 spiro atoms. The maximum Gasteiger partial charge on any atom is 0.360 e. The van der Waals surface area contributed by atoms with Crippen LogP contribution in [-0.4, -0.2) is 25.8 Å². The third kappa shape index (κ3) is 2.82. The fourth-order valence-corrected chi connectivity index (χ4v) is 2.22. The minimum absolute atomic E-state index is 0.123. The van der Waals surface area contributed by atoms with E-state index in [0.29, 0.717) is 10.2 Å². The second-order valence-corrected chi connectivity index (χ2v) is 4.99. The molecule has 2 rings (SSSR count). The Balaban J connectivity index is 2.65. The number of non-ortho nitro benzene ring substituents is 1. The van der Waals surface area contributed by atoms with Gasteiger partial charge in [0.2, 0.25) is 11.1 Å². The molecule has 0 saturated heterocycles. The van der Waals surface area contributed by atoms with E-state index in [1.54, 1.807) is 0 Å². The van der Waals surface area contributed by atoms with Crippen molar-refractivity contribution < 1.29 is 14.8 Å². The van der Waals surface area contributed by atoms with E-state index in [9.17, 15) is 19.7 Å². The number of nitro benzene ring substituents is 1. The van der Waals surface area contributed by atoms with Crippen LogP contribution in [0.25, 0.3) is 5.69 Å². The highest BCUT2D eigenvalue weighted by Crippen LogP contribution is 2.25. The molecule has 0 fully saturated rings. The van der Waals surface area contributed by atoms with Crippen molar-refractivity contribution in [1.29, 1.82) is 0 Å². The fourth-order valence-electron chi connectivity index (χ4n) is 1.67. The van der Waals surface area contributed by atoms with Gasteiger partial charge in [0.15, 0.2) is 0 Å². The largest absolute Gasteiger partial charge is 0.476 e. The van der Waals surface area contributed by atoms with Crippen LogP contribution in [0.1, 0.15) is 16.1 Å². The highest BCUT2D eigenvalue weighted by molar-refractivity contribution is 9.10. The van der Waals surface area contributed by atoms with Crippen molar-refractivity contribution in [2.75, 3.05) is 0 Å². The molecule has 2 aromatic rings. The first-order valence-corrected chi connectivity index (χ1v) is 6.38. The summed E-state index contributed by atoms with van der Waals surface area (Å²) in [5.41, 5.74) is -0.822. The molecule has 0 amide bonds. The van der Waals surface area contributed by atoms with Crippen LogP contribution < -0.4 is 5.43 Å². The van der Waals surface area contributed by atoms with Gasteiger partial charge in [0, 0.05) is 23.9 Å². The lowest BCUT2D eigenvalue weighted by Gasteiger charge is -2.09. The maximum atomic E-state index is 11.7. The number of carboxylic acid groups (broad SMARTS) is 1. The lowest BCUT2D eigenvalue weighted by molar-refractivity contribution is -0.384. The minimum Gasteiger partial charge on any atom is -0.476 e. The van der Waals surface area contributed by atoms with Gasteiger partial charge in [-0.05, 0) is 28.9 Å². The van der Waals surface area contributed by atoms with Gasteiger partial charge >= 0.3 is 5.97 Å². The topological polar surface area (TPSA) is 115 Å². The first-order chi connectivity index (χ1) is 9.81. The molecule has 0 atom stereocenters. The summed E-state index contributed by atoms with van der Waals surface area (Å²) in [5, 5.41) is 23.4. The number of hydrogen-bond acceptors (Lipinski definition) is 5. The van der Waals surface area contributed by atoms with Gasteiger partial charge in [-0.2, -0.15) is 5.10 Å². The number of benzene rings is 1. The van der Waals surface area contributed by atoms with Crippen LogP contribution in [0.5, 0.6) is 0 Å². The molecule has 0 unspecified atom stereocenters. The third-order valence-corrected chi connectivity index (χ3v) is 3.32. The Hall–Kier alpha value is -2.55. The Morgan fingerprint density at radius 1 is 1.48 bits per heavy atom. The van der Waals surface area contributed by atoms with Crippen LogP contribution in [0.15, 0.2) is 33.7 Å². The number of carboxylic acids is 1. The first kappa shape index (κ1) is 14.9. The van der Waals surface area contributed by atoms with Crippen molar-refractivity contribution in [2.24, 2.45) is 0 Å². The summed E-state index contributed by atoms with van der Waals surface area (Å²) < 4.78 is 1.54. The molecule has 0 radical (unpaired) electrons. The van der Waals surface area contributed by atoms with Gasteiger partial charge < -0.3 is 5.11 Å². The lowest BCUT2D eigenvalue weighted by Crippen LogP contribution is -2.23. The van der Waals surface area contributed by atoms with E-state index in [-0.39, 0.29) is 11.3 Å². The predicted molar refractivity (Wildman–Crippen MR) is 75.9 cm³/mol. The highest BCUT2D eigenvalue weighted by atomic mass is 79.9. The molecule has 9 heteroatoms. The van der Waals surface area contributed by atoms with Crippen LogP contribution in [0.4, 0.5) is 5.69 Å². The normalized spacial score (nSPS) is 10.4. The maximum absolute atomic E-state index is 11.7. The lowest BCUT2D eigenvalue weighted by atomic mass is 10.2. The van der Waals surface area contributed by atoms with Gasteiger partial charge in [-0.3, -0.25) is 14.9 Å². The standard InChI is InChI=1S/C12H8BrN3O5/c1-6-5-15(14-10(11(6)17)12(18)19)9-3-2-7(16(20)21)4-8(9)13/h2-5H,1H3,(H,18,19). The van der Waals surface area contributed by atoms with Gasteiger partial charge in [0.25, 0.3) is 5.69 Å². The molecule has 0 aliphatic rings. The fraction of sp³-hybridized carbons (Fsp3) is 0.0833. The van der Waals surface area contributed by atoms with Gasteiger partial charge in [-0.25, -0.2) is 9.48 Å². The van der Waals surface area contributed by atoms with E-state index in [2.05, 4.69) is 21.0 Å². The molecule has 0 bridgehead atoms. The van der Waals surface area contributed by atoms with Crippen molar-refractivity contribution in [3.05, 3.63) is 60.5 Å². The minimum atomic E-state index is -1.43. The average molecular weight is 354 g/mol. The molecule has 1 N–H and O–H groups in total. The van der Waals surface area contributed by atoms with Crippen LogP contribution >= 0.6 is 15.9 Å². The molecule has 21 heavy (non-hydrogen) atoms. The molecule has 0 saturated carbocycles. The quantitative estimate of drug-likeness (QED) is 0.665. The van der Waals surface area contributed by atoms with E-state index in [1.165, 1.54) is 36.0 Å². The van der Waals surface area contributed by atoms with Crippen LogP contribution in [0.2, 0.25) is 0 Å². The summed E-state index contributed by atoms with van der Waals surface area (Å²) in [6, 6.07) is 3.94. The number of nitrogens with zero attached hydrogens (tertiary/aromatic N) is 3. The predicted octanol–water partition coefficient (Wildman–Crippen LogP) is 1.91. The zero-order chi connectivity index (χ0) is 15.7. The number of aryl methyl sites for hydroxylation is 1. The SMILES string of the molecule is Cc1cn(-c2ccc([N+](=O)[O-])cc2Br)nc(C(=O)O)c1=O. The monoisotopic (exact) mass is 353 g/mol. The summed E-state index contributed by atoms with van der Waals surface area (Å²) in [7, 11) is 0. The number of aromatic carboxylic acids is 1. The molecule has 1 aromatic carbocycles. The Labute approximate surface area is 125 Å². The van der Waals surface area contributed by atoms with Crippen LogP contribution in [0.3, 0.4) is 0 Å². The number of aromatic nitrogens is 2. The van der Waals surface area contributed by atoms with Gasteiger partial charge in [-0.15, -0.1) is 0 Å². The average Bonchev–Trinajstić information content (AvgIpc) is 2.41. The van der Waals surface area contributed by atoms with E-state index in [1.807, 2.05) is 0 Å². The number of rotatable bonds is 3. The van der Waals surface area contributed by atoms with Gasteiger partial charge in [0.1, 0.15) is 0 Å². The molecular weight excluding hydrogens is 346 g/mol. The van der Waals surface area contributed by atoms with E-state index in [0.717, 1.165) is 0 Å². The molecule has 0 aliphatic heterocycles. The number of hydrogen-bond donors (Lipinski definition) is 1. The zero-order valence-electron chi connectivity index (χ0n) is 10.6. The first-order valence-electron chi connectivity index (χ1n) is 5.59. The van der Waals surface area contributed by atoms with Crippen molar-refractivity contribution in [3.8, 4) is 5.69 Å². The van der Waals surface area contributed by atoms with E-state index < -0.39 is 22.0 Å². The summed E-state index contributed by atoms with van der Waals surface area (Å²) in [6.07, 6.45) is 1.36. The summed E-state index contributed by atoms with van der Waals surface area (Å²) in [6.45, 7) is 1.46. The molecular formula is C12H8BrN3O5. The highest BCUT2D eigenvalue weighted by Gasteiger charge is 2.16. The third-order valence-electron chi connectivity index (χ3n) is 2.69. The Kier molecular flexibility index (Phi) is 3.85. The van der Waals surface area contributed by atoms with Crippen molar-refractivity contribution in [3.63, 3.8) is 0 Å². The van der Waals surface area contributed by atoms with Gasteiger partial charge in [0.05, 0.1) is 15.1 Å². The Morgan fingerprint density at radius 3 is 2.67 bits per heavy atom. The molecule has 8 nitrogen and oxygen atoms in total. The molecule has 108 valence electrons. The summed E-state index contributed by atoms with van der Waals surface area (Å²) in [4.78, 5) is 32.8. The van der Waals surface area contributed by atoms with Crippen LogP contribution in [-0.2, 0) is 0 Å². The van der Waals surface area contributed by atoms with E-state index in [4.69, 9.17) is 5.11 Å². The van der Waals surface area contributed by atoms with Crippen LogP contribution in [0, 0.1) is 17.0 Å². The van der Waals surface area contributed by atoms with E-state index >= 15 is 0 Å². The Bertz CT molecular complexity index is 815. The number of halogens is 1. The molecule has 1 heterocycles. The molecule has 0 aliphatic carbocycles. The van der Waals surface area contributed by atoms with Crippen molar-refractivity contribution in [2.45, 2.75) is 6.92 Å². The zero-order valence-corrected chi connectivity index (χ0v) is 12.2. The number of nitro groups is 1. The van der Waals surface area contributed by atoms with Crippen molar-refractivity contribution >= 4 is 27.6 Å².